The van der Waals surface area contributed by atoms with Gasteiger partial charge in [-0.2, -0.15) is 0 Å². The molecule has 0 bridgehead atoms. The average Bonchev–Trinajstić information content (AvgIpc) is 2.31. The van der Waals surface area contributed by atoms with Crippen LogP contribution in [0.2, 0.25) is 5.02 Å². The molecule has 1 aromatic heterocycles. The van der Waals surface area contributed by atoms with Crippen LogP contribution in [0.3, 0.4) is 0 Å². The number of fused-ring (bicyclic) bond motifs is 2. The number of hydrogen-bond donors (Lipinski definition) is 0. The quantitative estimate of drug-likeness (QED) is 0.629. The molecule has 3 rings (SSSR count). The number of pyridine rings is 1. The van der Waals surface area contributed by atoms with Gasteiger partial charge in [0.25, 0.3) is 0 Å². The Hall–Kier alpha value is -0.420. The van der Waals surface area contributed by atoms with E-state index in [4.69, 9.17) is 11.6 Å². The summed E-state index contributed by atoms with van der Waals surface area (Å²) in [5.41, 5.74) is 3.04. The number of rotatable bonds is 0. The summed E-state index contributed by atoms with van der Waals surface area (Å²) in [7, 11) is 0. The van der Waals surface area contributed by atoms with Gasteiger partial charge in [-0.3, -0.25) is 4.98 Å². The maximum Gasteiger partial charge on any atom is 0.125 e. The van der Waals surface area contributed by atoms with E-state index in [1.807, 2.05) is 0 Å². The summed E-state index contributed by atoms with van der Waals surface area (Å²) in [6, 6.07) is 2.99. The summed E-state index contributed by atoms with van der Waals surface area (Å²) in [6.45, 7) is 0. The van der Waals surface area contributed by atoms with Crippen molar-refractivity contribution in [2.75, 3.05) is 0 Å². The van der Waals surface area contributed by atoms with Crippen molar-refractivity contribution in [3.8, 4) is 0 Å². The molecule has 1 aliphatic carbocycles. The van der Waals surface area contributed by atoms with Crippen molar-refractivity contribution in [2.45, 2.75) is 25.7 Å². The van der Waals surface area contributed by atoms with E-state index in [0.717, 1.165) is 45.0 Å². The highest BCUT2D eigenvalue weighted by Gasteiger charge is 2.18. The normalized spacial score (nSPS) is 15.0. The number of hydrogen-bond acceptors (Lipinski definition) is 1. The molecule has 0 N–H and O–H groups in total. The topological polar surface area (TPSA) is 12.9 Å². The summed E-state index contributed by atoms with van der Waals surface area (Å²) < 4.78 is 14.2. The predicted octanol–water partition coefficient (Wildman–Crippen LogP) is 4.51. The fourth-order valence-electron chi connectivity index (χ4n) is 2.39. The van der Waals surface area contributed by atoms with E-state index in [9.17, 15) is 4.39 Å². The van der Waals surface area contributed by atoms with Crippen molar-refractivity contribution in [1.29, 1.82) is 0 Å². The minimum Gasteiger partial charge on any atom is -0.251 e. The van der Waals surface area contributed by atoms with Gasteiger partial charge in [0.1, 0.15) is 5.82 Å². The second kappa shape index (κ2) is 4.35. The summed E-state index contributed by atoms with van der Waals surface area (Å²) >= 11 is 8.51. The van der Waals surface area contributed by atoms with E-state index in [2.05, 4.69) is 27.6 Å². The molecule has 1 nitrogen and oxygen atoms in total. The highest BCUT2D eigenvalue weighted by molar-refractivity contribution is 14.1. The number of halogens is 3. The SMILES string of the molecule is Fc1cc(I)c2nc3c(c(Cl)c2c1)CCCC3. The predicted molar refractivity (Wildman–Crippen MR) is 76.1 cm³/mol. The first-order chi connectivity index (χ1) is 8.16. The van der Waals surface area contributed by atoms with Crippen LogP contribution in [0.15, 0.2) is 12.1 Å². The molecule has 4 heteroatoms. The molecule has 0 saturated heterocycles. The Labute approximate surface area is 118 Å². The van der Waals surface area contributed by atoms with E-state index in [1.165, 1.54) is 18.6 Å². The third-order valence-electron chi connectivity index (χ3n) is 3.22. The molecule has 0 unspecified atom stereocenters. The fraction of sp³-hybridized carbons (Fsp3) is 0.308. The maximum atomic E-state index is 13.4. The van der Waals surface area contributed by atoms with Gasteiger partial charge in [-0.25, -0.2) is 4.39 Å². The Morgan fingerprint density at radius 2 is 2.00 bits per heavy atom. The molecule has 2 aromatic rings. The van der Waals surface area contributed by atoms with Crippen LogP contribution in [0.4, 0.5) is 4.39 Å². The highest BCUT2D eigenvalue weighted by Crippen LogP contribution is 2.34. The zero-order valence-corrected chi connectivity index (χ0v) is 12.0. The summed E-state index contributed by atoms with van der Waals surface area (Å²) in [6.07, 6.45) is 4.26. The zero-order valence-electron chi connectivity index (χ0n) is 9.06. The standard InChI is InChI=1S/C13H10ClFIN/c14-12-8-3-1-2-4-11(8)17-13-9(12)5-7(15)6-10(13)16/h5-6H,1-4H2. The number of nitrogens with zero attached hydrogens (tertiary/aromatic N) is 1. The zero-order chi connectivity index (χ0) is 12.0. The van der Waals surface area contributed by atoms with Crippen molar-refractivity contribution in [3.05, 3.63) is 37.8 Å². The van der Waals surface area contributed by atoms with Gasteiger partial charge < -0.3 is 0 Å². The van der Waals surface area contributed by atoms with E-state index >= 15 is 0 Å². The Morgan fingerprint density at radius 3 is 2.82 bits per heavy atom. The van der Waals surface area contributed by atoms with Crippen LogP contribution in [-0.4, -0.2) is 4.98 Å². The van der Waals surface area contributed by atoms with Crippen molar-refractivity contribution >= 4 is 45.1 Å². The van der Waals surface area contributed by atoms with Gasteiger partial charge in [-0.15, -0.1) is 0 Å². The van der Waals surface area contributed by atoms with Crippen LogP contribution < -0.4 is 0 Å². The second-order valence-corrected chi connectivity index (χ2v) is 5.88. The first kappa shape index (κ1) is 11.7. The van der Waals surface area contributed by atoms with Crippen molar-refractivity contribution in [3.63, 3.8) is 0 Å². The van der Waals surface area contributed by atoms with Gasteiger partial charge in [0.2, 0.25) is 0 Å². The molecule has 88 valence electrons. The third kappa shape index (κ3) is 1.93. The molecule has 1 aromatic carbocycles. The van der Waals surface area contributed by atoms with Gasteiger partial charge in [0.15, 0.2) is 0 Å². The molecule has 0 saturated carbocycles. The van der Waals surface area contributed by atoms with Gasteiger partial charge >= 0.3 is 0 Å². The lowest BCUT2D eigenvalue weighted by atomic mass is 9.94. The van der Waals surface area contributed by atoms with E-state index in [-0.39, 0.29) is 5.82 Å². The molecule has 1 heterocycles. The van der Waals surface area contributed by atoms with Gasteiger partial charge in [-0.05, 0) is 66.0 Å². The molecule has 17 heavy (non-hydrogen) atoms. The third-order valence-corrected chi connectivity index (χ3v) is 4.47. The molecular formula is C13H10ClFIN. The van der Waals surface area contributed by atoms with Crippen LogP contribution in [0.25, 0.3) is 10.9 Å². The number of benzene rings is 1. The van der Waals surface area contributed by atoms with Crippen molar-refractivity contribution < 1.29 is 4.39 Å². The van der Waals surface area contributed by atoms with Crippen LogP contribution in [0.5, 0.6) is 0 Å². The minimum atomic E-state index is -0.249. The van der Waals surface area contributed by atoms with Gasteiger partial charge in [0.05, 0.1) is 10.5 Å². The van der Waals surface area contributed by atoms with Gasteiger partial charge in [0, 0.05) is 14.7 Å². The fourth-order valence-corrected chi connectivity index (χ4v) is 3.45. The molecule has 1 aliphatic rings. The lowest BCUT2D eigenvalue weighted by Crippen LogP contribution is -2.07. The van der Waals surface area contributed by atoms with Crippen LogP contribution in [0.1, 0.15) is 24.1 Å². The molecule has 0 atom stereocenters. The monoisotopic (exact) mass is 361 g/mol. The van der Waals surface area contributed by atoms with Crippen LogP contribution in [-0.2, 0) is 12.8 Å². The number of aromatic nitrogens is 1. The lowest BCUT2D eigenvalue weighted by Gasteiger charge is -2.18. The van der Waals surface area contributed by atoms with Crippen molar-refractivity contribution in [1.82, 2.24) is 4.98 Å². The van der Waals surface area contributed by atoms with Crippen molar-refractivity contribution in [2.24, 2.45) is 0 Å². The van der Waals surface area contributed by atoms with E-state index in [1.54, 1.807) is 0 Å². The number of aryl methyl sites for hydroxylation is 1. The maximum absolute atomic E-state index is 13.4. The highest BCUT2D eigenvalue weighted by atomic mass is 127. The summed E-state index contributed by atoms with van der Waals surface area (Å²) in [4.78, 5) is 4.66. The smallest absolute Gasteiger partial charge is 0.125 e. The minimum absolute atomic E-state index is 0.249. The van der Waals surface area contributed by atoms with Gasteiger partial charge in [-0.1, -0.05) is 11.6 Å². The molecular weight excluding hydrogens is 352 g/mol. The van der Waals surface area contributed by atoms with Crippen LogP contribution >= 0.6 is 34.2 Å². The largest absolute Gasteiger partial charge is 0.251 e. The average molecular weight is 362 g/mol. The lowest BCUT2D eigenvalue weighted by molar-refractivity contribution is 0.628. The van der Waals surface area contributed by atoms with Crippen LogP contribution in [0, 0.1) is 9.39 Å². The van der Waals surface area contributed by atoms with E-state index in [0.29, 0.717) is 5.02 Å². The Balaban J connectivity index is 2.40. The first-order valence-corrected chi connectivity index (χ1v) is 7.08. The molecule has 0 amide bonds. The Morgan fingerprint density at radius 1 is 1.24 bits per heavy atom. The van der Waals surface area contributed by atoms with E-state index < -0.39 is 0 Å². The molecule has 0 fully saturated rings. The second-order valence-electron chi connectivity index (χ2n) is 4.34. The molecule has 0 aliphatic heterocycles. The Bertz CT molecular complexity index is 612. The molecule has 0 spiro atoms. The first-order valence-electron chi connectivity index (χ1n) is 5.63. The molecule has 0 radical (unpaired) electrons. The summed E-state index contributed by atoms with van der Waals surface area (Å²) in [5.74, 6) is -0.249. The summed E-state index contributed by atoms with van der Waals surface area (Å²) in [5, 5.41) is 1.44. The Kier molecular flexibility index (Phi) is 2.99.